The fourth-order valence-corrected chi connectivity index (χ4v) is 1.72. The maximum absolute atomic E-state index is 13.7. The summed E-state index contributed by atoms with van der Waals surface area (Å²) < 4.78 is 31.7. The van der Waals surface area contributed by atoms with E-state index >= 15 is 0 Å². The molecule has 1 unspecified atom stereocenters. The van der Waals surface area contributed by atoms with Crippen molar-refractivity contribution < 1.29 is 18.3 Å². The number of ether oxygens (including phenoxy) is 1. The van der Waals surface area contributed by atoms with Crippen LogP contribution in [-0.2, 0) is 9.53 Å². The molecule has 0 fully saturated rings. The largest absolute Gasteiger partial charge is 0.466 e. The van der Waals surface area contributed by atoms with Crippen LogP contribution in [-0.4, -0.2) is 31.6 Å². The molecule has 0 bridgehead atoms. The average molecular weight is 257 g/mol. The van der Waals surface area contributed by atoms with Crippen LogP contribution >= 0.6 is 0 Å². The molecule has 0 amide bonds. The van der Waals surface area contributed by atoms with Crippen molar-refractivity contribution >= 4 is 5.97 Å². The minimum Gasteiger partial charge on any atom is -0.466 e. The Kier molecular flexibility index (Phi) is 5.22. The molecule has 0 saturated carbocycles. The molecule has 0 N–H and O–H groups in total. The number of benzene rings is 1. The second-order valence-electron chi connectivity index (χ2n) is 4.15. The zero-order valence-corrected chi connectivity index (χ0v) is 10.7. The van der Waals surface area contributed by atoms with Crippen LogP contribution in [0.2, 0.25) is 0 Å². The number of carbonyl (C=O) groups is 1. The van der Waals surface area contributed by atoms with E-state index in [9.17, 15) is 13.6 Å². The van der Waals surface area contributed by atoms with E-state index in [0.717, 1.165) is 18.2 Å². The van der Waals surface area contributed by atoms with Crippen LogP contribution in [0.5, 0.6) is 0 Å². The standard InChI is InChI=1S/C13H17F2NO2/c1-4-18-13(17)8-12(16(2)3)10-7-9(14)5-6-11(10)15/h5-7,12H,4,8H2,1-3H3. The fraction of sp³-hybridized carbons (Fsp3) is 0.462. The molecule has 0 aliphatic carbocycles. The first-order chi connectivity index (χ1) is 8.45. The molecule has 0 spiro atoms. The predicted octanol–water partition coefficient (Wildman–Crippen LogP) is 2.52. The summed E-state index contributed by atoms with van der Waals surface area (Å²) in [7, 11) is 3.41. The van der Waals surface area contributed by atoms with Gasteiger partial charge in [0.05, 0.1) is 13.0 Å². The van der Waals surface area contributed by atoms with Crippen LogP contribution < -0.4 is 0 Å². The molecule has 1 aromatic rings. The van der Waals surface area contributed by atoms with Gasteiger partial charge in [0.15, 0.2) is 0 Å². The third kappa shape index (κ3) is 3.77. The van der Waals surface area contributed by atoms with E-state index in [1.807, 2.05) is 0 Å². The van der Waals surface area contributed by atoms with E-state index in [1.165, 1.54) is 0 Å². The molecule has 1 rings (SSSR count). The lowest BCUT2D eigenvalue weighted by molar-refractivity contribution is -0.144. The lowest BCUT2D eigenvalue weighted by atomic mass is 10.0. The molecule has 0 aliphatic rings. The van der Waals surface area contributed by atoms with Gasteiger partial charge < -0.3 is 9.64 Å². The molecular weight excluding hydrogens is 240 g/mol. The summed E-state index contributed by atoms with van der Waals surface area (Å²) >= 11 is 0. The first kappa shape index (κ1) is 14.6. The third-order valence-electron chi connectivity index (χ3n) is 2.61. The lowest BCUT2D eigenvalue weighted by Crippen LogP contribution is -2.24. The first-order valence-electron chi connectivity index (χ1n) is 5.72. The first-order valence-corrected chi connectivity index (χ1v) is 5.72. The van der Waals surface area contributed by atoms with Crippen LogP contribution in [0.1, 0.15) is 24.9 Å². The Morgan fingerprint density at radius 2 is 2.06 bits per heavy atom. The van der Waals surface area contributed by atoms with E-state index in [2.05, 4.69) is 0 Å². The second kappa shape index (κ2) is 6.44. The predicted molar refractivity (Wildman–Crippen MR) is 64.0 cm³/mol. The third-order valence-corrected chi connectivity index (χ3v) is 2.61. The van der Waals surface area contributed by atoms with Crippen molar-refractivity contribution in [2.45, 2.75) is 19.4 Å². The van der Waals surface area contributed by atoms with E-state index in [4.69, 9.17) is 4.74 Å². The molecule has 1 atom stereocenters. The Morgan fingerprint density at radius 3 is 2.61 bits per heavy atom. The SMILES string of the molecule is CCOC(=O)CC(c1cc(F)ccc1F)N(C)C. The molecule has 0 aromatic heterocycles. The van der Waals surface area contributed by atoms with Crippen molar-refractivity contribution in [2.75, 3.05) is 20.7 Å². The summed E-state index contributed by atoms with van der Waals surface area (Å²) in [6.07, 6.45) is -0.0127. The minimum absolute atomic E-state index is 0.0127. The number of halogens is 2. The summed E-state index contributed by atoms with van der Waals surface area (Å²) in [6, 6.07) is 2.68. The number of hydrogen-bond acceptors (Lipinski definition) is 3. The van der Waals surface area contributed by atoms with Gasteiger partial charge in [-0.1, -0.05) is 0 Å². The van der Waals surface area contributed by atoms with Crippen molar-refractivity contribution in [1.29, 1.82) is 0 Å². The number of hydrogen-bond donors (Lipinski definition) is 0. The van der Waals surface area contributed by atoms with Crippen molar-refractivity contribution in [3.63, 3.8) is 0 Å². The lowest BCUT2D eigenvalue weighted by Gasteiger charge is -2.24. The van der Waals surface area contributed by atoms with E-state index < -0.39 is 23.6 Å². The van der Waals surface area contributed by atoms with Crippen LogP contribution in [0.3, 0.4) is 0 Å². The highest BCUT2D eigenvalue weighted by molar-refractivity contribution is 5.70. The highest BCUT2D eigenvalue weighted by atomic mass is 19.1. The van der Waals surface area contributed by atoms with Gasteiger partial charge in [0.25, 0.3) is 0 Å². The molecule has 18 heavy (non-hydrogen) atoms. The topological polar surface area (TPSA) is 29.5 Å². The van der Waals surface area contributed by atoms with Gasteiger partial charge in [0.1, 0.15) is 11.6 Å². The molecule has 0 radical (unpaired) electrons. The number of rotatable bonds is 5. The quantitative estimate of drug-likeness (QED) is 0.759. The van der Waals surface area contributed by atoms with Crippen LogP contribution in [0.15, 0.2) is 18.2 Å². The Bertz CT molecular complexity index is 421. The van der Waals surface area contributed by atoms with Crippen molar-refractivity contribution in [2.24, 2.45) is 0 Å². The van der Waals surface area contributed by atoms with Crippen LogP contribution in [0.4, 0.5) is 8.78 Å². The summed E-state index contributed by atoms with van der Waals surface area (Å²) in [5.74, 6) is -1.48. The van der Waals surface area contributed by atoms with Gasteiger partial charge in [-0.2, -0.15) is 0 Å². The van der Waals surface area contributed by atoms with Crippen molar-refractivity contribution in [1.82, 2.24) is 4.90 Å². The molecule has 0 saturated heterocycles. The average Bonchev–Trinajstić information content (AvgIpc) is 2.29. The highest BCUT2D eigenvalue weighted by Gasteiger charge is 2.22. The molecule has 3 nitrogen and oxygen atoms in total. The summed E-state index contributed by atoms with van der Waals surface area (Å²) in [4.78, 5) is 13.1. The van der Waals surface area contributed by atoms with Gasteiger partial charge in [-0.15, -0.1) is 0 Å². The van der Waals surface area contributed by atoms with E-state index in [1.54, 1.807) is 25.9 Å². The van der Waals surface area contributed by atoms with E-state index in [-0.39, 0.29) is 18.6 Å². The zero-order valence-electron chi connectivity index (χ0n) is 10.7. The molecule has 100 valence electrons. The van der Waals surface area contributed by atoms with E-state index in [0.29, 0.717) is 0 Å². The Morgan fingerprint density at radius 1 is 1.39 bits per heavy atom. The molecule has 0 heterocycles. The summed E-state index contributed by atoms with van der Waals surface area (Å²) in [6.45, 7) is 1.97. The summed E-state index contributed by atoms with van der Waals surface area (Å²) in [5, 5.41) is 0. The van der Waals surface area contributed by atoms with Gasteiger partial charge in [-0.05, 0) is 39.2 Å². The monoisotopic (exact) mass is 257 g/mol. The van der Waals surface area contributed by atoms with Gasteiger partial charge in [-0.25, -0.2) is 8.78 Å². The minimum atomic E-state index is -0.542. The number of esters is 1. The zero-order chi connectivity index (χ0) is 13.7. The molecule has 5 heteroatoms. The molecular formula is C13H17F2NO2. The van der Waals surface area contributed by atoms with Crippen molar-refractivity contribution in [3.8, 4) is 0 Å². The number of nitrogens with zero attached hydrogens (tertiary/aromatic N) is 1. The maximum Gasteiger partial charge on any atom is 0.307 e. The normalized spacial score (nSPS) is 12.6. The highest BCUT2D eigenvalue weighted by Crippen LogP contribution is 2.25. The molecule has 0 aliphatic heterocycles. The molecule has 1 aromatic carbocycles. The Hall–Kier alpha value is -1.49. The van der Waals surface area contributed by atoms with Crippen molar-refractivity contribution in [3.05, 3.63) is 35.4 Å². The second-order valence-corrected chi connectivity index (χ2v) is 4.15. The Labute approximate surface area is 105 Å². The van der Waals surface area contributed by atoms with Gasteiger partial charge in [0.2, 0.25) is 0 Å². The number of carbonyl (C=O) groups excluding carboxylic acids is 1. The summed E-state index contributed by atoms with van der Waals surface area (Å²) in [5.41, 5.74) is 0.160. The Balaban J connectivity index is 2.97. The van der Waals surface area contributed by atoms with Crippen LogP contribution in [0, 0.1) is 11.6 Å². The van der Waals surface area contributed by atoms with Gasteiger partial charge >= 0.3 is 5.97 Å². The van der Waals surface area contributed by atoms with Gasteiger partial charge in [-0.3, -0.25) is 4.79 Å². The maximum atomic E-state index is 13.7. The van der Waals surface area contributed by atoms with Gasteiger partial charge in [0, 0.05) is 11.6 Å². The fourth-order valence-electron chi connectivity index (χ4n) is 1.72. The van der Waals surface area contributed by atoms with Crippen LogP contribution in [0.25, 0.3) is 0 Å². The smallest absolute Gasteiger partial charge is 0.307 e.